The van der Waals surface area contributed by atoms with E-state index in [0.717, 1.165) is 22.3 Å². The quantitative estimate of drug-likeness (QED) is 0.881. The average molecular weight is 246 g/mol. The number of rotatable bonds is 5. The van der Waals surface area contributed by atoms with E-state index in [1.54, 1.807) is 0 Å². The van der Waals surface area contributed by atoms with Crippen molar-refractivity contribution in [2.45, 2.75) is 20.0 Å². The van der Waals surface area contributed by atoms with Gasteiger partial charge in [-0.3, -0.25) is 0 Å². The molecule has 0 radical (unpaired) electrons. The highest BCUT2D eigenvalue weighted by Crippen LogP contribution is 2.33. The molecule has 96 valence electrons. The number of aliphatic hydroxyl groups excluding tert-OH is 1. The minimum Gasteiger partial charge on any atom is -0.491 e. The van der Waals surface area contributed by atoms with E-state index in [4.69, 9.17) is 14.6 Å². The Balaban J connectivity index is 2.44. The van der Waals surface area contributed by atoms with Crippen LogP contribution in [0.25, 0.3) is 10.8 Å². The van der Waals surface area contributed by atoms with E-state index in [1.807, 2.05) is 50.2 Å². The number of hydrogen-bond donors (Lipinski definition) is 1. The molecule has 3 heteroatoms. The predicted octanol–water partition coefficient (Wildman–Crippen LogP) is 3.00. The van der Waals surface area contributed by atoms with Crippen LogP contribution in [0.2, 0.25) is 0 Å². The standard InChI is InChI=1S/C15H18O3/c1-11(2)18-15-8-7-14(17-10-9-16)12-5-3-4-6-13(12)15/h3-8,11,16H,9-10H2,1-2H3. The highest BCUT2D eigenvalue weighted by Gasteiger charge is 2.08. The Morgan fingerprint density at radius 1 is 1.00 bits per heavy atom. The summed E-state index contributed by atoms with van der Waals surface area (Å²) in [5.74, 6) is 1.63. The summed E-state index contributed by atoms with van der Waals surface area (Å²) in [5.41, 5.74) is 0. The third-order valence-electron chi connectivity index (χ3n) is 2.56. The second-order valence-electron chi connectivity index (χ2n) is 4.35. The van der Waals surface area contributed by atoms with Crippen molar-refractivity contribution in [3.63, 3.8) is 0 Å². The number of hydrogen-bond acceptors (Lipinski definition) is 3. The summed E-state index contributed by atoms with van der Waals surface area (Å²) in [6.07, 6.45) is 0.137. The number of fused-ring (bicyclic) bond motifs is 1. The fourth-order valence-corrected chi connectivity index (χ4v) is 1.88. The van der Waals surface area contributed by atoms with Crippen LogP contribution < -0.4 is 9.47 Å². The molecule has 0 aromatic heterocycles. The van der Waals surface area contributed by atoms with Crippen molar-refractivity contribution in [3.05, 3.63) is 36.4 Å². The van der Waals surface area contributed by atoms with Crippen molar-refractivity contribution in [3.8, 4) is 11.5 Å². The van der Waals surface area contributed by atoms with Crippen molar-refractivity contribution >= 4 is 10.8 Å². The minimum absolute atomic E-state index is 0.0125. The van der Waals surface area contributed by atoms with Crippen LogP contribution in [0.5, 0.6) is 11.5 Å². The molecule has 0 heterocycles. The summed E-state index contributed by atoms with van der Waals surface area (Å²) in [6.45, 7) is 4.32. The lowest BCUT2D eigenvalue weighted by molar-refractivity contribution is 0.202. The summed E-state index contributed by atoms with van der Waals surface area (Å²) in [6, 6.07) is 11.7. The molecule has 0 unspecified atom stereocenters. The number of ether oxygens (including phenoxy) is 2. The molecule has 2 aromatic carbocycles. The Labute approximate surface area is 107 Å². The molecular formula is C15H18O3. The van der Waals surface area contributed by atoms with Crippen LogP contribution in [0.3, 0.4) is 0 Å². The van der Waals surface area contributed by atoms with E-state index in [-0.39, 0.29) is 12.7 Å². The Hall–Kier alpha value is -1.74. The third-order valence-corrected chi connectivity index (χ3v) is 2.56. The highest BCUT2D eigenvalue weighted by atomic mass is 16.5. The summed E-state index contributed by atoms with van der Waals surface area (Å²) < 4.78 is 11.3. The third kappa shape index (κ3) is 2.74. The van der Waals surface area contributed by atoms with Gasteiger partial charge >= 0.3 is 0 Å². The van der Waals surface area contributed by atoms with Crippen LogP contribution in [0, 0.1) is 0 Å². The van der Waals surface area contributed by atoms with Crippen molar-refractivity contribution in [2.24, 2.45) is 0 Å². The SMILES string of the molecule is CC(C)Oc1ccc(OCCO)c2ccccc12. The van der Waals surface area contributed by atoms with Gasteiger partial charge in [-0.15, -0.1) is 0 Å². The molecule has 0 saturated heterocycles. The van der Waals surface area contributed by atoms with Gasteiger partial charge in [0.05, 0.1) is 12.7 Å². The molecule has 2 aromatic rings. The van der Waals surface area contributed by atoms with Gasteiger partial charge in [-0.2, -0.15) is 0 Å². The first-order valence-electron chi connectivity index (χ1n) is 6.14. The average Bonchev–Trinajstić information content (AvgIpc) is 2.37. The molecule has 3 nitrogen and oxygen atoms in total. The maximum absolute atomic E-state index is 8.82. The molecule has 0 fully saturated rings. The molecule has 0 atom stereocenters. The molecule has 0 saturated carbocycles. The van der Waals surface area contributed by atoms with Crippen molar-refractivity contribution in [2.75, 3.05) is 13.2 Å². The summed E-state index contributed by atoms with van der Waals surface area (Å²) in [7, 11) is 0. The molecule has 0 bridgehead atoms. The lowest BCUT2D eigenvalue weighted by Crippen LogP contribution is -2.06. The van der Waals surface area contributed by atoms with Crippen LogP contribution in [-0.2, 0) is 0 Å². The Kier molecular flexibility index (Phi) is 4.05. The topological polar surface area (TPSA) is 38.7 Å². The molecule has 1 N–H and O–H groups in total. The molecule has 0 aliphatic carbocycles. The lowest BCUT2D eigenvalue weighted by Gasteiger charge is -2.15. The van der Waals surface area contributed by atoms with Gasteiger partial charge in [0.25, 0.3) is 0 Å². The first kappa shape index (κ1) is 12.7. The second-order valence-corrected chi connectivity index (χ2v) is 4.35. The Morgan fingerprint density at radius 2 is 1.61 bits per heavy atom. The summed E-state index contributed by atoms with van der Waals surface area (Å²) in [4.78, 5) is 0. The predicted molar refractivity (Wildman–Crippen MR) is 72.3 cm³/mol. The molecular weight excluding hydrogens is 228 g/mol. The van der Waals surface area contributed by atoms with Gasteiger partial charge in [0.2, 0.25) is 0 Å². The molecule has 0 aliphatic heterocycles. The van der Waals surface area contributed by atoms with Crippen molar-refractivity contribution in [1.29, 1.82) is 0 Å². The summed E-state index contributed by atoms with van der Waals surface area (Å²) in [5, 5.41) is 10.9. The largest absolute Gasteiger partial charge is 0.491 e. The van der Waals surface area contributed by atoms with Crippen LogP contribution in [0.4, 0.5) is 0 Å². The maximum atomic E-state index is 8.82. The fraction of sp³-hybridized carbons (Fsp3) is 0.333. The second kappa shape index (κ2) is 5.74. The maximum Gasteiger partial charge on any atom is 0.127 e. The van der Waals surface area contributed by atoms with Crippen LogP contribution in [0.15, 0.2) is 36.4 Å². The van der Waals surface area contributed by atoms with E-state index >= 15 is 0 Å². The Bertz CT molecular complexity index is 520. The van der Waals surface area contributed by atoms with Gasteiger partial charge < -0.3 is 14.6 Å². The van der Waals surface area contributed by atoms with E-state index in [1.165, 1.54) is 0 Å². The van der Waals surface area contributed by atoms with Crippen LogP contribution >= 0.6 is 0 Å². The van der Waals surface area contributed by atoms with E-state index in [2.05, 4.69) is 0 Å². The smallest absolute Gasteiger partial charge is 0.127 e. The zero-order valence-corrected chi connectivity index (χ0v) is 10.7. The van der Waals surface area contributed by atoms with Crippen LogP contribution in [0.1, 0.15) is 13.8 Å². The molecule has 0 spiro atoms. The van der Waals surface area contributed by atoms with Crippen molar-refractivity contribution in [1.82, 2.24) is 0 Å². The van der Waals surface area contributed by atoms with Gasteiger partial charge in [-0.05, 0) is 26.0 Å². The first-order valence-corrected chi connectivity index (χ1v) is 6.14. The monoisotopic (exact) mass is 246 g/mol. The zero-order chi connectivity index (χ0) is 13.0. The highest BCUT2D eigenvalue weighted by molar-refractivity contribution is 5.93. The molecule has 2 rings (SSSR count). The van der Waals surface area contributed by atoms with Gasteiger partial charge in [-0.1, -0.05) is 24.3 Å². The lowest BCUT2D eigenvalue weighted by atomic mass is 10.1. The van der Waals surface area contributed by atoms with Gasteiger partial charge in [0.15, 0.2) is 0 Å². The Morgan fingerprint density at radius 3 is 2.22 bits per heavy atom. The molecule has 0 amide bonds. The summed E-state index contributed by atoms with van der Waals surface area (Å²) >= 11 is 0. The molecule has 18 heavy (non-hydrogen) atoms. The fourth-order valence-electron chi connectivity index (χ4n) is 1.88. The van der Waals surface area contributed by atoms with Gasteiger partial charge in [-0.25, -0.2) is 0 Å². The van der Waals surface area contributed by atoms with Crippen LogP contribution in [-0.4, -0.2) is 24.4 Å². The first-order chi connectivity index (χ1) is 8.72. The number of aliphatic hydroxyl groups is 1. The minimum atomic E-state index is 0.0125. The normalized spacial score (nSPS) is 10.9. The number of benzene rings is 2. The van der Waals surface area contributed by atoms with E-state index < -0.39 is 0 Å². The zero-order valence-electron chi connectivity index (χ0n) is 10.7. The van der Waals surface area contributed by atoms with E-state index in [0.29, 0.717) is 6.61 Å². The molecule has 0 aliphatic rings. The van der Waals surface area contributed by atoms with Gasteiger partial charge in [0.1, 0.15) is 18.1 Å². The van der Waals surface area contributed by atoms with E-state index in [9.17, 15) is 0 Å². The van der Waals surface area contributed by atoms with Crippen molar-refractivity contribution < 1.29 is 14.6 Å². The van der Waals surface area contributed by atoms with Gasteiger partial charge in [0, 0.05) is 10.8 Å².